The lowest BCUT2D eigenvalue weighted by Crippen LogP contribution is -2.48. The van der Waals surface area contributed by atoms with Crippen LogP contribution in [0, 0.1) is 6.92 Å². The highest BCUT2D eigenvalue weighted by Gasteiger charge is 2.43. The summed E-state index contributed by atoms with van der Waals surface area (Å²) in [4.78, 5) is 55.9. The van der Waals surface area contributed by atoms with Crippen LogP contribution in [0.15, 0.2) is 24.3 Å². The van der Waals surface area contributed by atoms with E-state index >= 15 is 0 Å². The second-order valence-corrected chi connectivity index (χ2v) is 10.4. The molecule has 3 amide bonds. The van der Waals surface area contributed by atoms with Gasteiger partial charge in [0.2, 0.25) is 5.91 Å². The summed E-state index contributed by atoms with van der Waals surface area (Å²) >= 11 is 0.884. The molecular weight excluding hydrogens is 458 g/mol. The predicted molar refractivity (Wildman–Crippen MR) is 116 cm³/mol. The van der Waals surface area contributed by atoms with Gasteiger partial charge in [-0.25, -0.2) is 18.2 Å². The molecule has 1 N–H and O–H groups in total. The quantitative estimate of drug-likeness (QED) is 0.445. The van der Waals surface area contributed by atoms with Crippen molar-refractivity contribution in [3.63, 3.8) is 0 Å². The molecule has 2 heterocycles. The summed E-state index contributed by atoms with van der Waals surface area (Å²) in [6.45, 7) is 3.40. The maximum atomic E-state index is 13.1. The Morgan fingerprint density at radius 3 is 2.31 bits per heavy atom. The number of aryl methyl sites for hydroxylation is 1. The molecule has 1 aliphatic heterocycles. The van der Waals surface area contributed by atoms with Crippen molar-refractivity contribution in [2.75, 3.05) is 23.9 Å². The molecule has 0 spiro atoms. The summed E-state index contributed by atoms with van der Waals surface area (Å²) in [5.41, 5.74) is 0.630. The first-order valence-electron chi connectivity index (χ1n) is 9.63. The van der Waals surface area contributed by atoms with E-state index in [4.69, 9.17) is 4.74 Å². The lowest BCUT2D eigenvalue weighted by molar-refractivity contribution is -0.120. The molecule has 0 bridgehead atoms. The van der Waals surface area contributed by atoms with Crippen molar-refractivity contribution < 1.29 is 32.3 Å². The highest BCUT2D eigenvalue weighted by Crippen LogP contribution is 2.28. The van der Waals surface area contributed by atoms with Crippen LogP contribution in [0.25, 0.3) is 0 Å². The SMILES string of the molecule is CCOC(=O)c1sc(NC(=O)[C@H](CCS(C)(=O)=O)N2C(=O)c3ccccc3C2=O)nc1C. The summed E-state index contributed by atoms with van der Waals surface area (Å²) in [7, 11) is -3.48. The van der Waals surface area contributed by atoms with Gasteiger partial charge in [0.05, 0.1) is 29.2 Å². The fourth-order valence-electron chi connectivity index (χ4n) is 3.22. The van der Waals surface area contributed by atoms with E-state index in [0.717, 1.165) is 22.5 Å². The standard InChI is InChI=1S/C20H21N3O7S2/c1-4-30-19(27)15-11(2)21-20(31-15)22-16(24)14(9-10-32(3,28)29)23-17(25)12-7-5-6-8-13(12)18(23)26/h5-8,14H,4,9-10H2,1-3H3,(H,21,22,24)/t14-/m0/s1. The summed E-state index contributed by atoms with van der Waals surface area (Å²) in [6, 6.07) is 4.74. The Morgan fingerprint density at radius 2 is 1.78 bits per heavy atom. The fourth-order valence-corrected chi connectivity index (χ4v) is 4.73. The third-order valence-corrected chi connectivity index (χ3v) is 6.72. The van der Waals surface area contributed by atoms with Crippen LogP contribution in [0.3, 0.4) is 0 Å². The van der Waals surface area contributed by atoms with E-state index in [1.807, 2.05) is 0 Å². The van der Waals surface area contributed by atoms with Crippen LogP contribution < -0.4 is 5.32 Å². The van der Waals surface area contributed by atoms with E-state index in [-0.39, 0.29) is 34.2 Å². The van der Waals surface area contributed by atoms with E-state index in [9.17, 15) is 27.6 Å². The Hall–Kier alpha value is -3.12. The molecule has 12 heteroatoms. The summed E-state index contributed by atoms with van der Waals surface area (Å²) < 4.78 is 28.4. The third-order valence-electron chi connectivity index (χ3n) is 4.69. The minimum atomic E-state index is -3.48. The molecule has 1 aromatic heterocycles. The van der Waals surface area contributed by atoms with E-state index in [1.54, 1.807) is 26.0 Å². The lowest BCUT2D eigenvalue weighted by atomic mass is 10.1. The lowest BCUT2D eigenvalue weighted by Gasteiger charge is -2.24. The minimum absolute atomic E-state index is 0.0662. The molecule has 170 valence electrons. The van der Waals surface area contributed by atoms with Crippen LogP contribution in [0.1, 0.15) is 49.4 Å². The molecule has 10 nitrogen and oxygen atoms in total. The van der Waals surface area contributed by atoms with E-state index in [0.29, 0.717) is 5.69 Å². The van der Waals surface area contributed by atoms with Gasteiger partial charge in [-0.3, -0.25) is 19.3 Å². The van der Waals surface area contributed by atoms with Crippen LogP contribution in [-0.4, -0.2) is 66.6 Å². The van der Waals surface area contributed by atoms with Gasteiger partial charge in [0.15, 0.2) is 5.13 Å². The minimum Gasteiger partial charge on any atom is -0.462 e. The third kappa shape index (κ3) is 4.86. The number of nitrogens with zero attached hydrogens (tertiary/aromatic N) is 2. The Bertz CT molecular complexity index is 1170. The van der Waals surface area contributed by atoms with Crippen molar-refractivity contribution in [1.82, 2.24) is 9.88 Å². The zero-order chi connectivity index (χ0) is 23.6. The molecule has 0 saturated heterocycles. The number of nitrogens with one attached hydrogen (secondary N) is 1. The van der Waals surface area contributed by atoms with Crippen molar-refractivity contribution in [3.8, 4) is 0 Å². The van der Waals surface area contributed by atoms with Gasteiger partial charge < -0.3 is 10.1 Å². The van der Waals surface area contributed by atoms with Gasteiger partial charge >= 0.3 is 5.97 Å². The van der Waals surface area contributed by atoms with Crippen LogP contribution in [-0.2, 0) is 19.4 Å². The van der Waals surface area contributed by atoms with E-state index in [1.165, 1.54) is 12.1 Å². The smallest absolute Gasteiger partial charge is 0.350 e. The Balaban J connectivity index is 1.89. The number of anilines is 1. The fraction of sp³-hybridized carbons (Fsp3) is 0.350. The normalized spacial score (nSPS) is 14.3. The average molecular weight is 480 g/mol. The number of thiazole rings is 1. The van der Waals surface area contributed by atoms with Gasteiger partial charge in [-0.15, -0.1) is 0 Å². The van der Waals surface area contributed by atoms with Crippen molar-refractivity contribution >= 4 is 50.0 Å². The summed E-state index contributed by atoms with van der Waals surface area (Å²) in [6.07, 6.45) is 0.714. The van der Waals surface area contributed by atoms with Gasteiger partial charge in [0.1, 0.15) is 20.8 Å². The van der Waals surface area contributed by atoms with Gasteiger partial charge in [-0.2, -0.15) is 0 Å². The highest BCUT2D eigenvalue weighted by atomic mass is 32.2. The number of carbonyl (C=O) groups is 4. The highest BCUT2D eigenvalue weighted by molar-refractivity contribution is 7.90. The number of rotatable bonds is 8. The Kier molecular flexibility index (Phi) is 6.74. The zero-order valence-electron chi connectivity index (χ0n) is 17.6. The zero-order valence-corrected chi connectivity index (χ0v) is 19.2. The van der Waals surface area contributed by atoms with Gasteiger partial charge in [0, 0.05) is 6.26 Å². The Labute approximate surface area is 188 Å². The molecule has 0 radical (unpaired) electrons. The molecule has 0 unspecified atom stereocenters. The van der Waals surface area contributed by atoms with Crippen molar-refractivity contribution in [2.24, 2.45) is 0 Å². The van der Waals surface area contributed by atoms with Gasteiger partial charge in [-0.1, -0.05) is 23.5 Å². The van der Waals surface area contributed by atoms with Gasteiger partial charge in [0.25, 0.3) is 11.8 Å². The van der Waals surface area contributed by atoms with Crippen LogP contribution in [0.5, 0.6) is 0 Å². The van der Waals surface area contributed by atoms with E-state index in [2.05, 4.69) is 10.3 Å². The number of ether oxygens (including phenoxy) is 1. The van der Waals surface area contributed by atoms with E-state index < -0.39 is 45.3 Å². The number of aromatic nitrogens is 1. The molecular formula is C20H21N3O7S2. The molecule has 0 aliphatic carbocycles. The maximum Gasteiger partial charge on any atom is 0.350 e. The molecule has 0 fully saturated rings. The second-order valence-electron chi connectivity index (χ2n) is 7.10. The molecule has 32 heavy (non-hydrogen) atoms. The van der Waals surface area contributed by atoms with Crippen LogP contribution >= 0.6 is 11.3 Å². The number of benzene rings is 1. The molecule has 1 aliphatic rings. The Morgan fingerprint density at radius 1 is 1.19 bits per heavy atom. The van der Waals surface area contributed by atoms with Crippen molar-refractivity contribution in [3.05, 3.63) is 46.0 Å². The molecule has 1 aromatic carbocycles. The first kappa shape index (κ1) is 23.5. The van der Waals surface area contributed by atoms with Crippen molar-refractivity contribution in [2.45, 2.75) is 26.3 Å². The molecule has 1 atom stereocenters. The number of carbonyl (C=O) groups excluding carboxylic acids is 4. The second kappa shape index (κ2) is 9.17. The van der Waals surface area contributed by atoms with Crippen molar-refractivity contribution in [1.29, 1.82) is 0 Å². The van der Waals surface area contributed by atoms with Crippen LogP contribution in [0.4, 0.5) is 5.13 Å². The first-order valence-corrected chi connectivity index (χ1v) is 12.5. The van der Waals surface area contributed by atoms with Gasteiger partial charge in [-0.05, 0) is 32.4 Å². The topological polar surface area (TPSA) is 140 Å². The van der Waals surface area contributed by atoms with Crippen LogP contribution in [0.2, 0.25) is 0 Å². The monoisotopic (exact) mass is 479 g/mol. The first-order chi connectivity index (χ1) is 15.0. The number of hydrogen-bond acceptors (Lipinski definition) is 9. The number of sulfone groups is 1. The number of hydrogen-bond donors (Lipinski definition) is 1. The summed E-state index contributed by atoms with van der Waals surface area (Å²) in [5, 5.41) is 2.57. The molecule has 0 saturated carbocycles. The number of fused-ring (bicyclic) bond motifs is 1. The average Bonchev–Trinajstić information content (AvgIpc) is 3.20. The number of esters is 1. The summed E-state index contributed by atoms with van der Waals surface area (Å²) in [5.74, 6) is -3.14. The number of imide groups is 1. The number of amides is 3. The molecule has 2 aromatic rings. The largest absolute Gasteiger partial charge is 0.462 e. The predicted octanol–water partition coefficient (Wildman–Crippen LogP) is 1.67. The molecule has 3 rings (SSSR count). The maximum absolute atomic E-state index is 13.1.